The summed E-state index contributed by atoms with van der Waals surface area (Å²) in [5.74, 6) is 1.78. The molecule has 1 N–H and O–H groups in total. The molecule has 0 saturated carbocycles. The Hall–Kier alpha value is -3.36. The fourth-order valence-electron chi connectivity index (χ4n) is 4.28. The standard InChI is InChI=1S/C26H29N3O5/c1-18-5-2-3-6-20(18)14-29(13-19-8-9-23-24(11-19)34-17-33-23)15-25-28-22(16-32-25)26(30)27-12-21-7-4-10-31-21/h2-3,5-6,8-9,11,16,21H,4,7,10,12-15,17H2,1H3,(H,27,30). The van der Waals surface area contributed by atoms with Crippen LogP contribution in [0, 0.1) is 6.92 Å². The summed E-state index contributed by atoms with van der Waals surface area (Å²) in [6.45, 7) is 5.44. The van der Waals surface area contributed by atoms with E-state index in [4.69, 9.17) is 18.6 Å². The summed E-state index contributed by atoms with van der Waals surface area (Å²) >= 11 is 0. The van der Waals surface area contributed by atoms with Crippen molar-refractivity contribution in [1.29, 1.82) is 0 Å². The first-order chi connectivity index (χ1) is 16.6. The number of ether oxygens (including phenoxy) is 3. The van der Waals surface area contributed by atoms with Gasteiger partial charge in [0, 0.05) is 26.2 Å². The maximum absolute atomic E-state index is 12.5. The molecular weight excluding hydrogens is 434 g/mol. The lowest BCUT2D eigenvalue weighted by Gasteiger charge is -2.22. The third-order valence-electron chi connectivity index (χ3n) is 6.16. The summed E-state index contributed by atoms with van der Waals surface area (Å²) in [7, 11) is 0. The van der Waals surface area contributed by atoms with Crippen molar-refractivity contribution >= 4 is 5.91 Å². The average molecular weight is 464 g/mol. The maximum Gasteiger partial charge on any atom is 0.273 e. The summed E-state index contributed by atoms with van der Waals surface area (Å²) in [5, 5.41) is 2.89. The number of nitrogens with one attached hydrogen (secondary N) is 1. The van der Waals surface area contributed by atoms with Crippen LogP contribution < -0.4 is 14.8 Å². The SMILES string of the molecule is Cc1ccccc1CN(Cc1ccc2c(c1)OCO2)Cc1nc(C(=O)NCC2CCCO2)co1. The van der Waals surface area contributed by atoms with Crippen molar-refractivity contribution in [3.63, 3.8) is 0 Å². The number of rotatable bonds is 9. The zero-order valence-electron chi connectivity index (χ0n) is 19.3. The number of aromatic nitrogens is 1. The highest BCUT2D eigenvalue weighted by Gasteiger charge is 2.20. The topological polar surface area (TPSA) is 86.1 Å². The van der Waals surface area contributed by atoms with Crippen LogP contribution in [0.2, 0.25) is 0 Å². The van der Waals surface area contributed by atoms with Gasteiger partial charge in [-0.1, -0.05) is 30.3 Å². The Balaban J connectivity index is 1.28. The average Bonchev–Trinajstić information content (AvgIpc) is 3.61. The molecule has 0 aliphatic carbocycles. The van der Waals surface area contributed by atoms with Crippen LogP contribution >= 0.6 is 0 Å². The molecule has 0 radical (unpaired) electrons. The lowest BCUT2D eigenvalue weighted by atomic mass is 10.1. The molecule has 2 aliphatic rings. The highest BCUT2D eigenvalue weighted by atomic mass is 16.7. The van der Waals surface area contributed by atoms with Crippen molar-refractivity contribution < 1.29 is 23.4 Å². The Kier molecular flexibility index (Phi) is 6.78. The molecule has 2 aromatic carbocycles. The molecule has 1 aromatic heterocycles. The lowest BCUT2D eigenvalue weighted by Crippen LogP contribution is -2.32. The molecule has 5 rings (SSSR count). The van der Waals surface area contributed by atoms with Crippen LogP contribution in [0.25, 0.3) is 0 Å². The van der Waals surface area contributed by atoms with Crippen molar-refractivity contribution in [2.24, 2.45) is 0 Å². The zero-order chi connectivity index (χ0) is 23.3. The van der Waals surface area contributed by atoms with Gasteiger partial charge in [0.05, 0.1) is 12.6 Å². The van der Waals surface area contributed by atoms with Gasteiger partial charge >= 0.3 is 0 Å². The summed E-state index contributed by atoms with van der Waals surface area (Å²) in [4.78, 5) is 19.2. The van der Waals surface area contributed by atoms with Crippen molar-refractivity contribution in [2.45, 2.75) is 45.5 Å². The van der Waals surface area contributed by atoms with Crippen LogP contribution in [0.3, 0.4) is 0 Å². The molecule has 3 heterocycles. The van der Waals surface area contributed by atoms with E-state index in [1.807, 2.05) is 30.3 Å². The first-order valence-corrected chi connectivity index (χ1v) is 11.6. The van der Waals surface area contributed by atoms with E-state index in [9.17, 15) is 4.79 Å². The minimum Gasteiger partial charge on any atom is -0.454 e. The molecule has 0 bridgehead atoms. The normalized spacial score (nSPS) is 16.8. The number of oxazole rings is 1. The molecular formula is C26H29N3O5. The van der Waals surface area contributed by atoms with Gasteiger partial charge in [-0.2, -0.15) is 0 Å². The number of carbonyl (C=O) groups excluding carboxylic acids is 1. The molecule has 0 spiro atoms. The lowest BCUT2D eigenvalue weighted by molar-refractivity contribution is 0.0853. The minimum atomic E-state index is -0.244. The predicted octanol–water partition coefficient (Wildman–Crippen LogP) is 3.82. The molecule has 34 heavy (non-hydrogen) atoms. The number of nitrogens with zero attached hydrogens (tertiary/aromatic N) is 2. The molecule has 1 saturated heterocycles. The molecule has 3 aromatic rings. The summed E-state index contributed by atoms with van der Waals surface area (Å²) in [6.07, 6.45) is 3.51. The van der Waals surface area contributed by atoms with E-state index in [0.717, 1.165) is 36.5 Å². The van der Waals surface area contributed by atoms with Gasteiger partial charge in [0.2, 0.25) is 12.7 Å². The molecule has 8 nitrogen and oxygen atoms in total. The van der Waals surface area contributed by atoms with Gasteiger partial charge in [0.25, 0.3) is 5.91 Å². The van der Waals surface area contributed by atoms with Crippen LogP contribution in [0.4, 0.5) is 0 Å². The molecule has 1 fully saturated rings. The van der Waals surface area contributed by atoms with Crippen molar-refractivity contribution in [3.05, 3.63) is 77.0 Å². The van der Waals surface area contributed by atoms with Gasteiger partial charge in [-0.3, -0.25) is 9.69 Å². The number of hydrogen-bond acceptors (Lipinski definition) is 7. The van der Waals surface area contributed by atoms with Gasteiger partial charge in [-0.15, -0.1) is 0 Å². The quantitative estimate of drug-likeness (QED) is 0.516. The predicted molar refractivity (Wildman–Crippen MR) is 125 cm³/mol. The second-order valence-corrected chi connectivity index (χ2v) is 8.73. The van der Waals surface area contributed by atoms with E-state index in [1.165, 1.54) is 17.4 Å². The Bertz CT molecular complexity index is 1140. The number of hydrogen-bond donors (Lipinski definition) is 1. The molecule has 8 heteroatoms. The number of amides is 1. The van der Waals surface area contributed by atoms with E-state index in [1.54, 1.807) is 0 Å². The van der Waals surface area contributed by atoms with Crippen LogP contribution in [-0.4, -0.2) is 41.8 Å². The maximum atomic E-state index is 12.5. The van der Waals surface area contributed by atoms with Gasteiger partial charge in [-0.05, 0) is 48.6 Å². The number of fused-ring (bicyclic) bond motifs is 1. The highest BCUT2D eigenvalue weighted by molar-refractivity contribution is 5.91. The summed E-state index contributed by atoms with van der Waals surface area (Å²) in [6, 6.07) is 14.3. The Morgan fingerprint density at radius 1 is 1.12 bits per heavy atom. The van der Waals surface area contributed by atoms with Gasteiger partial charge in [0.1, 0.15) is 6.26 Å². The van der Waals surface area contributed by atoms with E-state index in [2.05, 4.69) is 34.3 Å². The number of carbonyl (C=O) groups is 1. The first-order valence-electron chi connectivity index (χ1n) is 11.6. The van der Waals surface area contributed by atoms with E-state index >= 15 is 0 Å². The Morgan fingerprint density at radius 3 is 2.85 bits per heavy atom. The second-order valence-electron chi connectivity index (χ2n) is 8.73. The fourth-order valence-corrected chi connectivity index (χ4v) is 4.28. The Morgan fingerprint density at radius 2 is 2.00 bits per heavy atom. The van der Waals surface area contributed by atoms with Crippen molar-refractivity contribution in [3.8, 4) is 11.5 Å². The van der Waals surface area contributed by atoms with Crippen LogP contribution in [0.15, 0.2) is 53.1 Å². The summed E-state index contributed by atoms with van der Waals surface area (Å²) < 4.78 is 22.2. The van der Waals surface area contributed by atoms with Crippen LogP contribution in [0.1, 0.15) is 45.9 Å². The molecule has 1 amide bonds. The highest BCUT2D eigenvalue weighted by Crippen LogP contribution is 2.33. The van der Waals surface area contributed by atoms with E-state index in [-0.39, 0.29) is 24.5 Å². The van der Waals surface area contributed by atoms with Crippen molar-refractivity contribution in [1.82, 2.24) is 15.2 Å². The van der Waals surface area contributed by atoms with E-state index < -0.39 is 0 Å². The Labute approximate surface area is 198 Å². The third kappa shape index (κ3) is 5.40. The monoisotopic (exact) mass is 463 g/mol. The number of aryl methyl sites for hydroxylation is 1. The summed E-state index contributed by atoms with van der Waals surface area (Å²) in [5.41, 5.74) is 3.83. The second kappa shape index (κ2) is 10.3. The molecule has 2 aliphatic heterocycles. The number of benzene rings is 2. The van der Waals surface area contributed by atoms with Gasteiger partial charge in [-0.25, -0.2) is 4.98 Å². The van der Waals surface area contributed by atoms with E-state index in [0.29, 0.717) is 32.1 Å². The zero-order valence-corrected chi connectivity index (χ0v) is 19.3. The molecule has 1 atom stereocenters. The largest absolute Gasteiger partial charge is 0.454 e. The van der Waals surface area contributed by atoms with Crippen molar-refractivity contribution in [2.75, 3.05) is 19.9 Å². The third-order valence-corrected chi connectivity index (χ3v) is 6.16. The molecule has 1 unspecified atom stereocenters. The minimum absolute atomic E-state index is 0.0848. The van der Waals surface area contributed by atoms with Crippen LogP contribution in [0.5, 0.6) is 11.5 Å². The molecule has 178 valence electrons. The van der Waals surface area contributed by atoms with Gasteiger partial charge in [0.15, 0.2) is 17.2 Å². The van der Waals surface area contributed by atoms with Gasteiger partial charge < -0.3 is 23.9 Å². The first kappa shape index (κ1) is 22.4. The smallest absolute Gasteiger partial charge is 0.273 e. The van der Waals surface area contributed by atoms with Crippen LogP contribution in [-0.2, 0) is 24.4 Å². The fraction of sp³-hybridized carbons (Fsp3) is 0.385.